The van der Waals surface area contributed by atoms with Gasteiger partial charge in [0.1, 0.15) is 0 Å². The van der Waals surface area contributed by atoms with Crippen LogP contribution in [0.5, 0.6) is 0 Å². The highest BCUT2D eigenvalue weighted by Gasteiger charge is 2.54. The minimum absolute atomic E-state index is 0.0117. The molecule has 164 valence electrons. The number of alkyl halides is 3. The van der Waals surface area contributed by atoms with Gasteiger partial charge in [0, 0.05) is 58.8 Å². The molecule has 2 saturated heterocycles. The van der Waals surface area contributed by atoms with Gasteiger partial charge >= 0.3 is 6.18 Å². The van der Waals surface area contributed by atoms with E-state index in [2.05, 4.69) is 0 Å². The summed E-state index contributed by atoms with van der Waals surface area (Å²) in [5.41, 5.74) is 1.48. The molecule has 2 aliphatic rings. The second-order valence-corrected chi connectivity index (χ2v) is 9.44. The number of hydrogen-bond donors (Lipinski definition) is 2. The van der Waals surface area contributed by atoms with Crippen molar-refractivity contribution in [3.63, 3.8) is 0 Å². The summed E-state index contributed by atoms with van der Waals surface area (Å²) >= 11 is 0. The van der Waals surface area contributed by atoms with Crippen LogP contribution in [0.25, 0.3) is 0 Å². The zero-order valence-corrected chi connectivity index (χ0v) is 16.4. The van der Waals surface area contributed by atoms with Crippen LogP contribution in [-0.2, 0) is 24.3 Å². The Kier molecular flexibility index (Phi) is 8.08. The van der Waals surface area contributed by atoms with Gasteiger partial charge in [0.2, 0.25) is 10.0 Å². The van der Waals surface area contributed by atoms with E-state index in [0.717, 1.165) is 0 Å². The Hall–Kier alpha value is -0.950. The maximum absolute atomic E-state index is 13.1. The number of halogens is 3. The standard InChI is InChI=1S/C16H27F3N2O6S/c17-16(18,19)4-1-9-27-12-13-2-7-21(8-3-13)28(24,25)15(14(22)20-23)5-10-26-11-6-15/h13,23H,1-12H2,(H,20,22). The lowest BCUT2D eigenvalue weighted by atomic mass is 9.98. The number of nitrogens with one attached hydrogen (secondary N) is 1. The second kappa shape index (κ2) is 9.70. The van der Waals surface area contributed by atoms with Crippen molar-refractivity contribution in [2.75, 3.05) is 39.5 Å². The molecule has 0 radical (unpaired) electrons. The Morgan fingerprint density at radius 1 is 1.25 bits per heavy atom. The van der Waals surface area contributed by atoms with Gasteiger partial charge in [-0.2, -0.15) is 13.2 Å². The van der Waals surface area contributed by atoms with Crippen molar-refractivity contribution in [2.45, 2.75) is 49.4 Å². The van der Waals surface area contributed by atoms with E-state index in [0.29, 0.717) is 12.8 Å². The number of hydrogen-bond acceptors (Lipinski definition) is 6. The predicted molar refractivity (Wildman–Crippen MR) is 92.0 cm³/mol. The number of hydroxylamine groups is 1. The Morgan fingerprint density at radius 3 is 2.39 bits per heavy atom. The van der Waals surface area contributed by atoms with Crippen LogP contribution in [0, 0.1) is 5.92 Å². The zero-order valence-electron chi connectivity index (χ0n) is 15.5. The molecule has 2 rings (SSSR count). The lowest BCUT2D eigenvalue weighted by Gasteiger charge is -2.40. The van der Waals surface area contributed by atoms with E-state index in [-0.39, 0.29) is 64.7 Å². The first kappa shape index (κ1) is 23.3. The topological polar surface area (TPSA) is 105 Å². The lowest BCUT2D eigenvalue weighted by Crippen LogP contribution is -2.60. The molecule has 2 fully saturated rings. The van der Waals surface area contributed by atoms with E-state index < -0.39 is 33.3 Å². The van der Waals surface area contributed by atoms with Crippen molar-refractivity contribution in [3.8, 4) is 0 Å². The molecule has 0 atom stereocenters. The van der Waals surface area contributed by atoms with Gasteiger partial charge in [0.15, 0.2) is 4.75 Å². The van der Waals surface area contributed by atoms with Crippen molar-refractivity contribution < 1.29 is 41.1 Å². The normalized spacial score (nSPS) is 22.1. The fourth-order valence-electron chi connectivity index (χ4n) is 3.59. The highest BCUT2D eigenvalue weighted by Crippen LogP contribution is 2.35. The summed E-state index contributed by atoms with van der Waals surface area (Å²) in [6.07, 6.45) is -4.27. The van der Waals surface area contributed by atoms with Gasteiger partial charge in [-0.15, -0.1) is 0 Å². The van der Waals surface area contributed by atoms with Crippen LogP contribution in [0.15, 0.2) is 0 Å². The van der Waals surface area contributed by atoms with Gasteiger partial charge in [-0.25, -0.2) is 18.2 Å². The molecule has 12 heteroatoms. The fourth-order valence-corrected chi connectivity index (χ4v) is 5.74. The molecule has 0 aromatic heterocycles. The molecule has 0 saturated carbocycles. The number of carbonyl (C=O) groups excluding carboxylic acids is 1. The van der Waals surface area contributed by atoms with Gasteiger partial charge in [-0.05, 0) is 25.2 Å². The molecule has 2 N–H and O–H groups in total. The molecule has 8 nitrogen and oxygen atoms in total. The van der Waals surface area contributed by atoms with E-state index in [1.807, 2.05) is 0 Å². The van der Waals surface area contributed by atoms with E-state index in [4.69, 9.17) is 14.7 Å². The smallest absolute Gasteiger partial charge is 0.381 e. The van der Waals surface area contributed by atoms with Gasteiger partial charge in [0.25, 0.3) is 5.91 Å². The molecule has 2 heterocycles. The molecule has 1 amide bonds. The number of nitrogens with zero attached hydrogens (tertiary/aromatic N) is 1. The number of sulfonamides is 1. The van der Waals surface area contributed by atoms with Crippen molar-refractivity contribution >= 4 is 15.9 Å². The maximum atomic E-state index is 13.1. The largest absolute Gasteiger partial charge is 0.389 e. The van der Waals surface area contributed by atoms with Crippen LogP contribution in [0.2, 0.25) is 0 Å². The summed E-state index contributed by atoms with van der Waals surface area (Å²) in [5.74, 6) is -0.902. The first-order chi connectivity index (χ1) is 13.1. The summed E-state index contributed by atoms with van der Waals surface area (Å²) < 4.78 is 72.5. The van der Waals surface area contributed by atoms with Crippen LogP contribution in [0.3, 0.4) is 0 Å². The third kappa shape index (κ3) is 5.56. The van der Waals surface area contributed by atoms with Gasteiger partial charge in [0.05, 0.1) is 0 Å². The first-order valence-electron chi connectivity index (χ1n) is 9.29. The number of amides is 1. The van der Waals surface area contributed by atoms with E-state index in [9.17, 15) is 26.4 Å². The summed E-state index contributed by atoms with van der Waals surface area (Å²) in [5, 5.41) is 9.04. The molecule has 28 heavy (non-hydrogen) atoms. The molecule has 0 bridgehead atoms. The van der Waals surface area contributed by atoms with Crippen LogP contribution in [0.1, 0.15) is 38.5 Å². The fraction of sp³-hybridized carbons (Fsp3) is 0.938. The van der Waals surface area contributed by atoms with Gasteiger partial charge < -0.3 is 9.47 Å². The Morgan fingerprint density at radius 2 is 1.86 bits per heavy atom. The minimum Gasteiger partial charge on any atom is -0.381 e. The van der Waals surface area contributed by atoms with Crippen LogP contribution in [0.4, 0.5) is 13.2 Å². The van der Waals surface area contributed by atoms with Crippen molar-refractivity contribution in [1.82, 2.24) is 9.79 Å². The van der Waals surface area contributed by atoms with Crippen LogP contribution >= 0.6 is 0 Å². The summed E-state index contributed by atoms with van der Waals surface area (Å²) in [4.78, 5) is 12.2. The Balaban J connectivity index is 1.86. The molecule has 0 aromatic carbocycles. The zero-order chi connectivity index (χ0) is 20.8. The number of piperidine rings is 1. The Bertz CT molecular complexity index is 614. The molecule has 0 spiro atoms. The molecule has 0 aromatic rings. The monoisotopic (exact) mass is 432 g/mol. The third-order valence-corrected chi connectivity index (χ3v) is 7.95. The van der Waals surface area contributed by atoms with Crippen LogP contribution < -0.4 is 5.48 Å². The SMILES string of the molecule is O=C(NO)C1(S(=O)(=O)N2CCC(COCCCC(F)(F)F)CC2)CCOCC1. The van der Waals surface area contributed by atoms with Crippen molar-refractivity contribution in [2.24, 2.45) is 5.92 Å². The van der Waals surface area contributed by atoms with Crippen molar-refractivity contribution in [3.05, 3.63) is 0 Å². The molecular weight excluding hydrogens is 405 g/mol. The van der Waals surface area contributed by atoms with Crippen molar-refractivity contribution in [1.29, 1.82) is 0 Å². The highest BCUT2D eigenvalue weighted by atomic mass is 32.2. The molecule has 0 aliphatic carbocycles. The quantitative estimate of drug-likeness (QED) is 0.342. The predicted octanol–water partition coefficient (Wildman–Crippen LogP) is 1.44. The molecule has 0 unspecified atom stereocenters. The van der Waals surface area contributed by atoms with Crippen LogP contribution in [-0.4, -0.2) is 74.3 Å². The second-order valence-electron chi connectivity index (χ2n) is 7.19. The van der Waals surface area contributed by atoms with Gasteiger partial charge in [-0.3, -0.25) is 10.0 Å². The number of rotatable bonds is 8. The average molecular weight is 432 g/mol. The first-order valence-corrected chi connectivity index (χ1v) is 10.7. The highest BCUT2D eigenvalue weighted by molar-refractivity contribution is 7.91. The van der Waals surface area contributed by atoms with E-state index in [1.165, 1.54) is 9.79 Å². The lowest BCUT2D eigenvalue weighted by molar-refractivity contribution is -0.138. The minimum atomic E-state index is -4.19. The average Bonchev–Trinajstić information content (AvgIpc) is 2.67. The Labute approximate surface area is 162 Å². The number of ether oxygens (including phenoxy) is 2. The summed E-state index contributed by atoms with van der Waals surface area (Å²) in [6, 6.07) is 0. The third-order valence-electron chi connectivity index (χ3n) is 5.33. The molecule has 2 aliphatic heterocycles. The van der Waals surface area contributed by atoms with E-state index >= 15 is 0 Å². The van der Waals surface area contributed by atoms with Gasteiger partial charge in [-0.1, -0.05) is 0 Å². The summed E-state index contributed by atoms with van der Waals surface area (Å²) in [7, 11) is -4.01. The summed E-state index contributed by atoms with van der Waals surface area (Å²) in [6.45, 7) is 0.893. The maximum Gasteiger partial charge on any atom is 0.389 e. The van der Waals surface area contributed by atoms with E-state index in [1.54, 1.807) is 0 Å². The number of carbonyl (C=O) groups is 1. The molecular formula is C16H27F3N2O6S.